The molecule has 0 fully saturated rings. The van der Waals surface area contributed by atoms with Gasteiger partial charge in [-0.25, -0.2) is 4.39 Å². The smallest absolute Gasteiger partial charge is 0.220 e. The normalized spacial score (nSPS) is 13.9. The van der Waals surface area contributed by atoms with Crippen LogP contribution in [0.25, 0.3) is 0 Å². The van der Waals surface area contributed by atoms with Crippen LogP contribution < -0.4 is 19.5 Å². The van der Waals surface area contributed by atoms with E-state index in [4.69, 9.17) is 14.2 Å². The largest absolute Gasteiger partial charge is 0.494 e. The molecule has 0 spiro atoms. The Balaban J connectivity index is 1.64. The molecule has 1 amide bonds. The summed E-state index contributed by atoms with van der Waals surface area (Å²) in [4.78, 5) is 12.5. The molecule has 3 rings (SSSR count). The second kappa shape index (κ2) is 8.95. The van der Waals surface area contributed by atoms with Crippen LogP contribution in [0.15, 0.2) is 36.4 Å². The second-order valence-electron chi connectivity index (χ2n) is 7.16. The van der Waals surface area contributed by atoms with E-state index in [2.05, 4.69) is 19.2 Å². The molecular formula is C22H26FNO4. The van der Waals surface area contributed by atoms with Gasteiger partial charge in [-0.1, -0.05) is 26.0 Å². The molecule has 0 saturated carbocycles. The number of carbonyl (C=O) groups excluding carboxylic acids is 1. The van der Waals surface area contributed by atoms with Crippen molar-refractivity contribution in [3.05, 3.63) is 53.3 Å². The van der Waals surface area contributed by atoms with Gasteiger partial charge in [0, 0.05) is 6.42 Å². The first kappa shape index (κ1) is 20.0. The Bertz CT molecular complexity index is 837. The van der Waals surface area contributed by atoms with Gasteiger partial charge in [0.15, 0.2) is 23.1 Å². The zero-order valence-corrected chi connectivity index (χ0v) is 16.5. The highest BCUT2D eigenvalue weighted by molar-refractivity contribution is 5.76. The van der Waals surface area contributed by atoms with Crippen LogP contribution in [0.4, 0.5) is 4.39 Å². The fourth-order valence-corrected chi connectivity index (χ4v) is 3.26. The molecule has 0 radical (unpaired) electrons. The number of hydrogen-bond acceptors (Lipinski definition) is 4. The number of ether oxygens (including phenoxy) is 3. The number of nitrogens with one attached hydrogen (secondary N) is 1. The molecule has 1 heterocycles. The van der Waals surface area contributed by atoms with Crippen molar-refractivity contribution >= 4 is 5.91 Å². The van der Waals surface area contributed by atoms with E-state index in [1.54, 1.807) is 12.1 Å². The fraction of sp³-hybridized carbons (Fsp3) is 0.409. The Hall–Kier alpha value is -2.76. The first-order valence-corrected chi connectivity index (χ1v) is 9.49. The second-order valence-corrected chi connectivity index (χ2v) is 7.16. The van der Waals surface area contributed by atoms with Crippen LogP contribution in [0.1, 0.15) is 37.4 Å². The number of hydrogen-bond donors (Lipinski definition) is 1. The van der Waals surface area contributed by atoms with Crippen LogP contribution in [0.2, 0.25) is 0 Å². The quantitative estimate of drug-likeness (QED) is 0.779. The molecule has 0 saturated heterocycles. The standard InChI is InChI=1S/C22H26FNO4/c1-14(2)22(16-6-8-19-20(13-16)28-11-10-27-19)24-21(25)9-5-15-4-7-18(26-3)17(23)12-15/h4,6-8,12-14,22H,5,9-11H2,1-3H3,(H,24,25). The number of amides is 1. The van der Waals surface area contributed by atoms with Gasteiger partial charge in [-0.15, -0.1) is 0 Å². The van der Waals surface area contributed by atoms with E-state index in [1.807, 2.05) is 18.2 Å². The topological polar surface area (TPSA) is 56.8 Å². The Morgan fingerprint density at radius 1 is 1.14 bits per heavy atom. The molecule has 28 heavy (non-hydrogen) atoms. The number of halogens is 1. The third-order valence-electron chi connectivity index (χ3n) is 4.77. The summed E-state index contributed by atoms with van der Waals surface area (Å²) in [6.07, 6.45) is 0.734. The van der Waals surface area contributed by atoms with Crippen LogP contribution in [0, 0.1) is 11.7 Å². The van der Waals surface area contributed by atoms with Crippen LogP contribution >= 0.6 is 0 Å². The highest BCUT2D eigenvalue weighted by Gasteiger charge is 2.21. The summed E-state index contributed by atoms with van der Waals surface area (Å²) < 4.78 is 29.9. The Kier molecular flexibility index (Phi) is 6.39. The van der Waals surface area contributed by atoms with Crippen LogP contribution in [-0.2, 0) is 11.2 Å². The number of fused-ring (bicyclic) bond motifs is 1. The van der Waals surface area contributed by atoms with Gasteiger partial charge in [-0.2, -0.15) is 0 Å². The summed E-state index contributed by atoms with van der Waals surface area (Å²) >= 11 is 0. The van der Waals surface area contributed by atoms with Crippen molar-refractivity contribution in [3.63, 3.8) is 0 Å². The van der Waals surface area contributed by atoms with E-state index in [0.29, 0.717) is 25.4 Å². The molecule has 1 atom stereocenters. The fourth-order valence-electron chi connectivity index (χ4n) is 3.26. The van der Waals surface area contributed by atoms with Crippen molar-refractivity contribution in [1.29, 1.82) is 0 Å². The molecule has 5 nitrogen and oxygen atoms in total. The Morgan fingerprint density at radius 2 is 1.89 bits per heavy atom. The molecule has 2 aromatic carbocycles. The van der Waals surface area contributed by atoms with E-state index in [9.17, 15) is 9.18 Å². The summed E-state index contributed by atoms with van der Waals surface area (Å²) in [5, 5.41) is 3.09. The minimum Gasteiger partial charge on any atom is -0.494 e. The van der Waals surface area contributed by atoms with Crippen LogP contribution in [0.5, 0.6) is 17.2 Å². The summed E-state index contributed by atoms with van der Waals surface area (Å²) in [5.41, 5.74) is 1.73. The zero-order chi connectivity index (χ0) is 20.1. The molecule has 1 aliphatic heterocycles. The molecular weight excluding hydrogens is 361 g/mol. The molecule has 0 bridgehead atoms. The molecule has 150 valence electrons. The van der Waals surface area contributed by atoms with Gasteiger partial charge >= 0.3 is 0 Å². The molecule has 0 aliphatic carbocycles. The van der Waals surface area contributed by atoms with Crippen molar-refractivity contribution in [2.45, 2.75) is 32.7 Å². The Labute approximate surface area is 164 Å². The van der Waals surface area contributed by atoms with Crippen LogP contribution in [0.3, 0.4) is 0 Å². The molecule has 0 aromatic heterocycles. The predicted octanol–water partition coefficient (Wildman–Crippen LogP) is 4.05. The average Bonchev–Trinajstić information content (AvgIpc) is 2.70. The lowest BCUT2D eigenvalue weighted by atomic mass is 9.95. The number of carbonyl (C=O) groups is 1. The van der Waals surface area contributed by atoms with E-state index >= 15 is 0 Å². The number of aryl methyl sites for hydroxylation is 1. The summed E-state index contributed by atoms with van der Waals surface area (Å²) in [6.45, 7) is 5.18. The van der Waals surface area contributed by atoms with Crippen molar-refractivity contribution in [3.8, 4) is 17.2 Å². The van der Waals surface area contributed by atoms with E-state index < -0.39 is 5.82 Å². The van der Waals surface area contributed by atoms with E-state index in [0.717, 1.165) is 16.9 Å². The molecule has 1 unspecified atom stereocenters. The van der Waals surface area contributed by atoms with Gasteiger partial charge in [0.1, 0.15) is 13.2 Å². The Morgan fingerprint density at radius 3 is 2.57 bits per heavy atom. The SMILES string of the molecule is COc1ccc(CCC(=O)NC(c2ccc3c(c2)OCCO3)C(C)C)cc1F. The first-order chi connectivity index (χ1) is 13.5. The third-order valence-corrected chi connectivity index (χ3v) is 4.77. The monoisotopic (exact) mass is 387 g/mol. The van der Waals surface area contributed by atoms with Crippen molar-refractivity contribution in [2.75, 3.05) is 20.3 Å². The minimum absolute atomic E-state index is 0.0789. The highest BCUT2D eigenvalue weighted by atomic mass is 19.1. The molecule has 2 aromatic rings. The third kappa shape index (κ3) is 4.74. The molecule has 1 aliphatic rings. The maximum atomic E-state index is 13.8. The number of rotatable bonds is 7. The number of benzene rings is 2. The van der Waals surface area contributed by atoms with Gasteiger partial charge in [-0.05, 0) is 47.7 Å². The lowest BCUT2D eigenvalue weighted by Crippen LogP contribution is -2.32. The molecule has 6 heteroatoms. The number of methoxy groups -OCH3 is 1. The zero-order valence-electron chi connectivity index (χ0n) is 16.5. The van der Waals surface area contributed by atoms with Crippen molar-refractivity contribution < 1.29 is 23.4 Å². The van der Waals surface area contributed by atoms with Crippen molar-refractivity contribution in [2.24, 2.45) is 5.92 Å². The maximum absolute atomic E-state index is 13.8. The lowest BCUT2D eigenvalue weighted by Gasteiger charge is -2.25. The molecule has 1 N–H and O–H groups in total. The lowest BCUT2D eigenvalue weighted by molar-refractivity contribution is -0.122. The van der Waals surface area contributed by atoms with E-state index in [-0.39, 0.29) is 30.0 Å². The van der Waals surface area contributed by atoms with Gasteiger partial charge in [-0.3, -0.25) is 4.79 Å². The summed E-state index contributed by atoms with van der Waals surface area (Å²) in [5.74, 6) is 1.33. The van der Waals surface area contributed by atoms with Gasteiger partial charge < -0.3 is 19.5 Å². The average molecular weight is 387 g/mol. The maximum Gasteiger partial charge on any atom is 0.220 e. The van der Waals surface area contributed by atoms with E-state index in [1.165, 1.54) is 13.2 Å². The summed E-state index contributed by atoms with van der Waals surface area (Å²) in [6, 6.07) is 10.4. The first-order valence-electron chi connectivity index (χ1n) is 9.49. The minimum atomic E-state index is -0.420. The predicted molar refractivity (Wildman–Crippen MR) is 104 cm³/mol. The summed E-state index contributed by atoms with van der Waals surface area (Å²) in [7, 11) is 1.43. The highest BCUT2D eigenvalue weighted by Crippen LogP contribution is 2.34. The van der Waals surface area contributed by atoms with Crippen LogP contribution in [-0.4, -0.2) is 26.2 Å². The van der Waals surface area contributed by atoms with Gasteiger partial charge in [0.25, 0.3) is 0 Å². The van der Waals surface area contributed by atoms with Gasteiger partial charge in [0.05, 0.1) is 13.2 Å². The van der Waals surface area contributed by atoms with Gasteiger partial charge in [0.2, 0.25) is 5.91 Å². The van der Waals surface area contributed by atoms with Crippen molar-refractivity contribution in [1.82, 2.24) is 5.32 Å².